The number of amides is 2. The predicted octanol–water partition coefficient (Wildman–Crippen LogP) is 5.46. The Morgan fingerprint density at radius 3 is 1.59 bits per heavy atom. The molecule has 2 amide bonds. The molecule has 5 heteroatoms. The van der Waals surface area contributed by atoms with Crippen LogP contribution in [0.4, 0.5) is 0 Å². The van der Waals surface area contributed by atoms with Gasteiger partial charge in [-0.2, -0.15) is 0 Å². The van der Waals surface area contributed by atoms with Crippen LogP contribution in [0.25, 0.3) is 0 Å². The van der Waals surface area contributed by atoms with Gasteiger partial charge in [0, 0.05) is 26.8 Å². The zero-order valence-electron chi connectivity index (χ0n) is 19.3. The lowest BCUT2D eigenvalue weighted by Gasteiger charge is -2.15. The van der Waals surface area contributed by atoms with Gasteiger partial charge in [-0.25, -0.2) is 0 Å². The van der Waals surface area contributed by atoms with Crippen LogP contribution >= 0.6 is 0 Å². The highest BCUT2D eigenvalue weighted by atomic mass is 16.2. The zero-order valence-corrected chi connectivity index (χ0v) is 19.3. The SMILES string of the molecule is CCCCCCCCCCCCCC(=O)CCCCC[C@H](NC(C)=O)C(=O)NC. The molecular weight excluding hydrogens is 364 g/mol. The van der Waals surface area contributed by atoms with Gasteiger partial charge < -0.3 is 10.6 Å². The van der Waals surface area contributed by atoms with Crippen molar-refractivity contribution in [1.82, 2.24) is 10.6 Å². The van der Waals surface area contributed by atoms with Gasteiger partial charge in [-0.3, -0.25) is 14.4 Å². The first-order valence-corrected chi connectivity index (χ1v) is 12.0. The third-order valence-corrected chi connectivity index (χ3v) is 5.45. The summed E-state index contributed by atoms with van der Waals surface area (Å²) in [6, 6.07) is -0.468. The topological polar surface area (TPSA) is 75.3 Å². The van der Waals surface area contributed by atoms with E-state index in [1.807, 2.05) is 0 Å². The minimum atomic E-state index is -0.468. The van der Waals surface area contributed by atoms with Crippen molar-refractivity contribution in [2.75, 3.05) is 7.05 Å². The Kier molecular flexibility index (Phi) is 19.0. The van der Waals surface area contributed by atoms with Gasteiger partial charge in [0.2, 0.25) is 11.8 Å². The van der Waals surface area contributed by atoms with Gasteiger partial charge >= 0.3 is 0 Å². The van der Waals surface area contributed by atoms with E-state index in [2.05, 4.69) is 17.6 Å². The van der Waals surface area contributed by atoms with Crippen molar-refractivity contribution in [1.29, 1.82) is 0 Å². The molecule has 170 valence electrons. The van der Waals surface area contributed by atoms with Crippen molar-refractivity contribution in [2.24, 2.45) is 0 Å². The Hall–Kier alpha value is -1.39. The van der Waals surface area contributed by atoms with Crippen LogP contribution in [0.2, 0.25) is 0 Å². The maximum atomic E-state index is 12.0. The van der Waals surface area contributed by atoms with Crippen LogP contribution < -0.4 is 10.6 Å². The highest BCUT2D eigenvalue weighted by molar-refractivity contribution is 5.86. The smallest absolute Gasteiger partial charge is 0.242 e. The van der Waals surface area contributed by atoms with Gasteiger partial charge in [0.1, 0.15) is 11.8 Å². The third-order valence-electron chi connectivity index (χ3n) is 5.45. The zero-order chi connectivity index (χ0) is 21.7. The maximum absolute atomic E-state index is 12.0. The second kappa shape index (κ2) is 19.9. The van der Waals surface area contributed by atoms with E-state index < -0.39 is 6.04 Å². The summed E-state index contributed by atoms with van der Waals surface area (Å²) in [5.41, 5.74) is 0. The summed E-state index contributed by atoms with van der Waals surface area (Å²) >= 11 is 0. The molecule has 0 aromatic heterocycles. The van der Waals surface area contributed by atoms with E-state index in [0.717, 1.165) is 25.7 Å². The van der Waals surface area contributed by atoms with Gasteiger partial charge in [0.15, 0.2) is 0 Å². The van der Waals surface area contributed by atoms with E-state index in [4.69, 9.17) is 0 Å². The fourth-order valence-corrected chi connectivity index (χ4v) is 3.65. The van der Waals surface area contributed by atoms with Crippen LogP contribution in [0.1, 0.15) is 123 Å². The predicted molar refractivity (Wildman–Crippen MR) is 121 cm³/mol. The minimum absolute atomic E-state index is 0.159. The van der Waals surface area contributed by atoms with Gasteiger partial charge in [-0.05, 0) is 19.3 Å². The number of Topliss-reactive ketones (excluding diaryl/α,β-unsaturated/α-hetero) is 1. The van der Waals surface area contributed by atoms with E-state index >= 15 is 0 Å². The molecule has 0 bridgehead atoms. The van der Waals surface area contributed by atoms with Gasteiger partial charge in [0.05, 0.1) is 0 Å². The van der Waals surface area contributed by atoms with Crippen molar-refractivity contribution < 1.29 is 14.4 Å². The van der Waals surface area contributed by atoms with Crippen molar-refractivity contribution in [3.8, 4) is 0 Å². The lowest BCUT2D eigenvalue weighted by Crippen LogP contribution is -2.44. The summed E-state index contributed by atoms with van der Waals surface area (Å²) in [5.74, 6) is 0.0131. The number of ketones is 1. The number of carbonyl (C=O) groups excluding carboxylic acids is 3. The standard InChI is InChI=1S/C24H46N2O3/c1-4-5-6-7-8-9-10-11-12-13-15-18-22(28)19-16-14-17-20-23(24(29)25-3)26-21(2)27/h23H,4-20H2,1-3H3,(H,25,29)(H,26,27)/t23-/m0/s1. The molecule has 0 aliphatic heterocycles. The van der Waals surface area contributed by atoms with Crippen molar-refractivity contribution in [2.45, 2.75) is 129 Å². The molecule has 0 unspecified atom stereocenters. The van der Waals surface area contributed by atoms with E-state index in [-0.39, 0.29) is 11.8 Å². The number of nitrogens with one attached hydrogen (secondary N) is 2. The molecule has 0 spiro atoms. The number of hydrogen-bond donors (Lipinski definition) is 2. The normalized spacial score (nSPS) is 11.8. The van der Waals surface area contributed by atoms with Crippen LogP contribution in [0.3, 0.4) is 0 Å². The monoisotopic (exact) mass is 410 g/mol. The number of unbranched alkanes of at least 4 members (excludes halogenated alkanes) is 12. The van der Waals surface area contributed by atoms with Crippen LogP contribution in [0.5, 0.6) is 0 Å². The fourth-order valence-electron chi connectivity index (χ4n) is 3.65. The summed E-state index contributed by atoms with van der Waals surface area (Å²) in [7, 11) is 1.57. The Bertz CT molecular complexity index is 438. The van der Waals surface area contributed by atoms with Crippen LogP contribution in [-0.2, 0) is 14.4 Å². The van der Waals surface area contributed by atoms with Crippen LogP contribution in [0, 0.1) is 0 Å². The Morgan fingerprint density at radius 2 is 1.14 bits per heavy atom. The first-order chi connectivity index (χ1) is 14.0. The molecule has 1 atom stereocenters. The average Bonchev–Trinajstić information content (AvgIpc) is 2.70. The molecule has 0 saturated carbocycles. The molecule has 0 aliphatic rings. The van der Waals surface area contributed by atoms with Gasteiger partial charge in [-0.1, -0.05) is 84.0 Å². The molecule has 5 nitrogen and oxygen atoms in total. The first kappa shape index (κ1) is 27.6. The average molecular weight is 411 g/mol. The maximum Gasteiger partial charge on any atom is 0.242 e. The summed E-state index contributed by atoms with van der Waals surface area (Å²) in [5, 5.41) is 5.25. The minimum Gasteiger partial charge on any atom is -0.357 e. The van der Waals surface area contributed by atoms with Crippen LogP contribution in [0.15, 0.2) is 0 Å². The van der Waals surface area contributed by atoms with Crippen molar-refractivity contribution in [3.63, 3.8) is 0 Å². The molecule has 0 rings (SSSR count). The molecule has 2 N–H and O–H groups in total. The lowest BCUT2D eigenvalue weighted by molar-refractivity contribution is -0.127. The molecule has 29 heavy (non-hydrogen) atoms. The molecule has 0 aromatic carbocycles. The number of hydrogen-bond acceptors (Lipinski definition) is 3. The molecule has 0 saturated heterocycles. The largest absolute Gasteiger partial charge is 0.357 e. The van der Waals surface area contributed by atoms with E-state index in [1.165, 1.54) is 71.1 Å². The molecule has 0 aromatic rings. The highest BCUT2D eigenvalue weighted by Gasteiger charge is 2.17. The molecular formula is C24H46N2O3. The van der Waals surface area contributed by atoms with Gasteiger partial charge in [-0.15, -0.1) is 0 Å². The highest BCUT2D eigenvalue weighted by Crippen LogP contribution is 2.13. The summed E-state index contributed by atoms with van der Waals surface area (Å²) in [4.78, 5) is 34.9. The number of likely N-dealkylation sites (N-methyl/N-ethyl adjacent to an activating group) is 1. The summed E-state index contributed by atoms with van der Waals surface area (Å²) in [6.45, 7) is 3.67. The van der Waals surface area contributed by atoms with Crippen molar-refractivity contribution >= 4 is 17.6 Å². The fraction of sp³-hybridized carbons (Fsp3) is 0.875. The van der Waals surface area contributed by atoms with E-state index in [9.17, 15) is 14.4 Å². The Labute approximate surface area is 179 Å². The molecule has 0 heterocycles. The van der Waals surface area contributed by atoms with Crippen LogP contribution in [-0.4, -0.2) is 30.7 Å². The summed E-state index contributed by atoms with van der Waals surface area (Å²) < 4.78 is 0. The molecule has 0 aliphatic carbocycles. The van der Waals surface area contributed by atoms with E-state index in [0.29, 0.717) is 25.0 Å². The third kappa shape index (κ3) is 18.4. The quantitative estimate of drug-likeness (QED) is 0.262. The Morgan fingerprint density at radius 1 is 0.690 bits per heavy atom. The second-order valence-electron chi connectivity index (χ2n) is 8.29. The number of carbonyl (C=O) groups is 3. The molecule has 0 radical (unpaired) electrons. The second-order valence-corrected chi connectivity index (χ2v) is 8.29. The first-order valence-electron chi connectivity index (χ1n) is 12.0. The number of rotatable bonds is 20. The van der Waals surface area contributed by atoms with Gasteiger partial charge in [0.25, 0.3) is 0 Å². The van der Waals surface area contributed by atoms with E-state index in [1.54, 1.807) is 7.05 Å². The molecule has 0 fully saturated rings. The summed E-state index contributed by atoms with van der Waals surface area (Å²) in [6.07, 6.45) is 18.9. The van der Waals surface area contributed by atoms with Crippen molar-refractivity contribution in [3.05, 3.63) is 0 Å². The lowest BCUT2D eigenvalue weighted by atomic mass is 10.0. The Balaban J connectivity index is 3.51.